The quantitative estimate of drug-likeness (QED) is 0.633. The number of hydrogen-bond acceptors (Lipinski definition) is 3. The topological polar surface area (TPSA) is 35.5 Å². The molecule has 0 amide bonds. The number of rotatable bonds is 3. The number of benzene rings is 1. The second kappa shape index (κ2) is 5.12. The van der Waals surface area contributed by atoms with Gasteiger partial charge in [0.05, 0.1) is 6.10 Å². The molecule has 2 aliphatic heterocycles. The highest BCUT2D eigenvalue weighted by Crippen LogP contribution is 2.50. The molecule has 1 aromatic rings. The van der Waals surface area contributed by atoms with E-state index >= 15 is 0 Å². The SMILES string of the molecule is C=C(C(=O)OC1(c2ccccc2)CC2CCC1O2)C(F)(F)F. The average Bonchev–Trinajstić information content (AvgIpc) is 3.07. The van der Waals surface area contributed by atoms with Gasteiger partial charge in [0.25, 0.3) is 0 Å². The van der Waals surface area contributed by atoms with Crippen molar-refractivity contribution in [3.63, 3.8) is 0 Å². The fourth-order valence-electron chi connectivity index (χ4n) is 3.20. The van der Waals surface area contributed by atoms with Crippen LogP contribution >= 0.6 is 0 Å². The van der Waals surface area contributed by atoms with Crippen LogP contribution in [0.3, 0.4) is 0 Å². The highest BCUT2D eigenvalue weighted by Gasteiger charge is 2.57. The van der Waals surface area contributed by atoms with Crippen LogP contribution in [0.2, 0.25) is 0 Å². The van der Waals surface area contributed by atoms with E-state index in [1.165, 1.54) is 0 Å². The second-order valence-electron chi connectivity index (χ2n) is 5.65. The van der Waals surface area contributed by atoms with Crippen LogP contribution in [0.25, 0.3) is 0 Å². The van der Waals surface area contributed by atoms with Gasteiger partial charge in [0.1, 0.15) is 11.7 Å². The standard InChI is InChI=1S/C16H15F3O3/c1-10(16(17,18)19)14(20)22-15(11-5-3-2-4-6-11)9-12-7-8-13(15)21-12/h2-6,12-13H,1,7-9H2. The van der Waals surface area contributed by atoms with E-state index in [1.54, 1.807) is 30.3 Å². The highest BCUT2D eigenvalue weighted by molar-refractivity contribution is 5.89. The van der Waals surface area contributed by atoms with Crippen LogP contribution in [-0.2, 0) is 19.9 Å². The van der Waals surface area contributed by atoms with E-state index in [4.69, 9.17) is 9.47 Å². The molecule has 3 rings (SSSR count). The third-order valence-corrected chi connectivity index (χ3v) is 4.28. The van der Waals surface area contributed by atoms with Gasteiger partial charge in [0.15, 0.2) is 5.60 Å². The van der Waals surface area contributed by atoms with Crippen molar-refractivity contribution >= 4 is 5.97 Å². The molecule has 2 bridgehead atoms. The average molecular weight is 312 g/mol. The van der Waals surface area contributed by atoms with Gasteiger partial charge >= 0.3 is 12.1 Å². The number of alkyl halides is 3. The highest BCUT2D eigenvalue weighted by atomic mass is 19.4. The number of carbonyl (C=O) groups is 1. The van der Waals surface area contributed by atoms with E-state index in [2.05, 4.69) is 6.58 Å². The number of fused-ring (bicyclic) bond motifs is 2. The molecule has 3 nitrogen and oxygen atoms in total. The number of esters is 1. The van der Waals surface area contributed by atoms with Crippen molar-refractivity contribution in [1.29, 1.82) is 0 Å². The van der Waals surface area contributed by atoms with Gasteiger partial charge in [-0.05, 0) is 18.4 Å². The molecule has 0 aromatic heterocycles. The smallest absolute Gasteiger partial charge is 0.422 e. The normalized spacial score (nSPS) is 30.3. The molecule has 0 spiro atoms. The largest absolute Gasteiger partial charge is 0.448 e. The molecule has 2 heterocycles. The third kappa shape index (κ3) is 2.41. The minimum Gasteiger partial charge on any atom is -0.448 e. The molecule has 118 valence electrons. The zero-order valence-electron chi connectivity index (χ0n) is 11.7. The van der Waals surface area contributed by atoms with Gasteiger partial charge in [-0.25, -0.2) is 4.79 Å². The summed E-state index contributed by atoms with van der Waals surface area (Å²) in [5.74, 6) is -1.44. The fraction of sp³-hybridized carbons (Fsp3) is 0.438. The molecule has 1 aromatic carbocycles. The van der Waals surface area contributed by atoms with Gasteiger partial charge in [-0.15, -0.1) is 0 Å². The third-order valence-electron chi connectivity index (χ3n) is 4.28. The van der Waals surface area contributed by atoms with Crippen LogP contribution in [0.1, 0.15) is 24.8 Å². The zero-order valence-corrected chi connectivity index (χ0v) is 11.7. The molecule has 3 atom stereocenters. The second-order valence-corrected chi connectivity index (χ2v) is 5.65. The summed E-state index contributed by atoms with van der Waals surface area (Å²) in [6, 6.07) is 8.80. The molecule has 0 saturated carbocycles. The van der Waals surface area contributed by atoms with Crippen molar-refractivity contribution in [2.45, 2.75) is 43.2 Å². The predicted octanol–water partition coefficient (Wildman–Crippen LogP) is 3.49. The minimum absolute atomic E-state index is 0.0860. The Morgan fingerprint density at radius 1 is 1.27 bits per heavy atom. The summed E-state index contributed by atoms with van der Waals surface area (Å²) in [5.41, 5.74) is -1.99. The van der Waals surface area contributed by atoms with E-state index in [0.29, 0.717) is 18.4 Å². The summed E-state index contributed by atoms with van der Waals surface area (Å²) in [6.45, 7) is 2.81. The van der Waals surface area contributed by atoms with Crippen molar-refractivity contribution in [3.8, 4) is 0 Å². The monoisotopic (exact) mass is 312 g/mol. The molecule has 3 unspecified atom stereocenters. The Morgan fingerprint density at radius 2 is 1.95 bits per heavy atom. The fourth-order valence-corrected chi connectivity index (χ4v) is 3.20. The summed E-state index contributed by atoms with van der Waals surface area (Å²) in [5, 5.41) is 0. The summed E-state index contributed by atoms with van der Waals surface area (Å²) in [6.07, 6.45) is -3.43. The first-order valence-corrected chi connectivity index (χ1v) is 7.03. The van der Waals surface area contributed by atoms with Crippen LogP contribution < -0.4 is 0 Å². The van der Waals surface area contributed by atoms with Crippen molar-refractivity contribution < 1.29 is 27.4 Å². The Bertz CT molecular complexity index is 596. The molecule has 2 aliphatic rings. The summed E-state index contributed by atoms with van der Waals surface area (Å²) in [7, 11) is 0. The first-order chi connectivity index (χ1) is 10.3. The Balaban J connectivity index is 1.92. The molecule has 22 heavy (non-hydrogen) atoms. The van der Waals surface area contributed by atoms with E-state index in [1.807, 2.05) is 0 Å². The Labute approximate surface area is 125 Å². The zero-order chi connectivity index (χ0) is 16.0. The first kappa shape index (κ1) is 15.1. The molecule has 0 aliphatic carbocycles. The lowest BCUT2D eigenvalue weighted by Gasteiger charge is -2.35. The molecular weight excluding hydrogens is 297 g/mol. The van der Waals surface area contributed by atoms with Crippen LogP contribution in [0.4, 0.5) is 13.2 Å². The number of ether oxygens (including phenoxy) is 2. The van der Waals surface area contributed by atoms with Crippen LogP contribution in [0.15, 0.2) is 42.5 Å². The maximum absolute atomic E-state index is 12.7. The lowest BCUT2D eigenvalue weighted by Crippen LogP contribution is -2.42. The van der Waals surface area contributed by atoms with E-state index in [0.717, 1.165) is 6.42 Å². The van der Waals surface area contributed by atoms with Crippen molar-refractivity contribution in [2.75, 3.05) is 0 Å². The van der Waals surface area contributed by atoms with E-state index in [9.17, 15) is 18.0 Å². The Morgan fingerprint density at radius 3 is 2.45 bits per heavy atom. The molecule has 2 fully saturated rings. The van der Waals surface area contributed by atoms with Gasteiger partial charge in [0, 0.05) is 6.42 Å². The lowest BCUT2D eigenvalue weighted by molar-refractivity contribution is -0.172. The van der Waals surface area contributed by atoms with Gasteiger partial charge < -0.3 is 9.47 Å². The van der Waals surface area contributed by atoms with Gasteiger partial charge in [-0.1, -0.05) is 36.9 Å². The lowest BCUT2D eigenvalue weighted by atomic mass is 9.79. The predicted molar refractivity (Wildman–Crippen MR) is 71.9 cm³/mol. The van der Waals surface area contributed by atoms with Crippen LogP contribution in [-0.4, -0.2) is 24.4 Å². The molecule has 6 heteroatoms. The number of carbonyl (C=O) groups excluding carboxylic acids is 1. The minimum atomic E-state index is -4.80. The number of halogens is 3. The van der Waals surface area contributed by atoms with Gasteiger partial charge in [-0.3, -0.25) is 0 Å². The van der Waals surface area contributed by atoms with E-state index < -0.39 is 29.4 Å². The Hall–Kier alpha value is -1.82. The Kier molecular flexibility index (Phi) is 3.51. The maximum Gasteiger partial charge on any atom is 0.422 e. The van der Waals surface area contributed by atoms with Crippen LogP contribution in [0.5, 0.6) is 0 Å². The summed E-state index contributed by atoms with van der Waals surface area (Å²) in [4.78, 5) is 11.9. The van der Waals surface area contributed by atoms with E-state index in [-0.39, 0.29) is 6.10 Å². The van der Waals surface area contributed by atoms with Crippen molar-refractivity contribution in [3.05, 3.63) is 48.0 Å². The molecule has 0 radical (unpaired) electrons. The summed E-state index contributed by atoms with van der Waals surface area (Å²) >= 11 is 0. The van der Waals surface area contributed by atoms with Gasteiger partial charge in [-0.2, -0.15) is 13.2 Å². The van der Waals surface area contributed by atoms with Crippen molar-refractivity contribution in [1.82, 2.24) is 0 Å². The first-order valence-electron chi connectivity index (χ1n) is 7.03. The van der Waals surface area contributed by atoms with Crippen LogP contribution in [0, 0.1) is 0 Å². The maximum atomic E-state index is 12.7. The molecular formula is C16H15F3O3. The number of hydrogen-bond donors (Lipinski definition) is 0. The van der Waals surface area contributed by atoms with Crippen molar-refractivity contribution in [2.24, 2.45) is 0 Å². The molecule has 2 saturated heterocycles. The summed E-state index contributed by atoms with van der Waals surface area (Å²) < 4.78 is 49.0. The molecule has 0 N–H and O–H groups in total. The van der Waals surface area contributed by atoms with Gasteiger partial charge in [0.2, 0.25) is 0 Å².